The minimum Gasteiger partial charge on any atom is -0.462 e. The van der Waals surface area contributed by atoms with Crippen LogP contribution in [0.1, 0.15) is 39.2 Å². The van der Waals surface area contributed by atoms with Crippen LogP contribution in [-0.2, 0) is 20.3 Å². The Bertz CT molecular complexity index is 421. The van der Waals surface area contributed by atoms with Crippen LogP contribution in [0.4, 0.5) is 0 Å². The maximum absolute atomic E-state index is 11.9. The largest absolute Gasteiger partial charge is 0.462 e. The SMILES string of the molecule is CC(C)OC(=O)CS(=O)c1ccc(C(C)C)cc1. The van der Waals surface area contributed by atoms with E-state index in [1.807, 2.05) is 24.3 Å². The van der Waals surface area contributed by atoms with Crippen molar-refractivity contribution in [1.82, 2.24) is 0 Å². The molecule has 0 N–H and O–H groups in total. The average molecular weight is 268 g/mol. The first-order chi connectivity index (χ1) is 8.40. The molecule has 1 atom stereocenters. The molecule has 0 radical (unpaired) electrons. The molecule has 0 aliphatic carbocycles. The van der Waals surface area contributed by atoms with Gasteiger partial charge in [-0.3, -0.25) is 9.00 Å². The number of hydrogen-bond acceptors (Lipinski definition) is 3. The molecule has 0 bridgehead atoms. The van der Waals surface area contributed by atoms with Gasteiger partial charge >= 0.3 is 5.97 Å². The maximum atomic E-state index is 11.9. The average Bonchev–Trinajstić information content (AvgIpc) is 2.27. The Morgan fingerprint density at radius 1 is 1.17 bits per heavy atom. The Balaban J connectivity index is 2.64. The van der Waals surface area contributed by atoms with Crippen LogP contribution < -0.4 is 0 Å². The van der Waals surface area contributed by atoms with E-state index in [2.05, 4.69) is 13.8 Å². The van der Waals surface area contributed by atoms with E-state index < -0.39 is 16.8 Å². The summed E-state index contributed by atoms with van der Waals surface area (Å²) in [5, 5.41) is 0. The molecule has 0 aromatic heterocycles. The lowest BCUT2D eigenvalue weighted by molar-refractivity contribution is -0.144. The predicted molar refractivity (Wildman–Crippen MR) is 73.0 cm³/mol. The van der Waals surface area contributed by atoms with Crippen molar-refractivity contribution in [2.75, 3.05) is 5.75 Å². The van der Waals surface area contributed by atoms with Crippen molar-refractivity contribution in [3.8, 4) is 0 Å². The zero-order valence-corrected chi connectivity index (χ0v) is 12.1. The third-order valence-electron chi connectivity index (χ3n) is 2.43. The molecule has 1 aromatic carbocycles. The molecule has 0 spiro atoms. The van der Waals surface area contributed by atoms with Gasteiger partial charge in [0.05, 0.1) is 16.9 Å². The lowest BCUT2D eigenvalue weighted by atomic mass is 10.0. The quantitative estimate of drug-likeness (QED) is 0.771. The summed E-state index contributed by atoms with van der Waals surface area (Å²) in [6.45, 7) is 7.76. The van der Waals surface area contributed by atoms with E-state index in [1.54, 1.807) is 13.8 Å². The van der Waals surface area contributed by atoms with E-state index in [0.717, 1.165) is 0 Å². The van der Waals surface area contributed by atoms with Gasteiger partial charge in [-0.2, -0.15) is 0 Å². The van der Waals surface area contributed by atoms with E-state index >= 15 is 0 Å². The Hall–Kier alpha value is -1.16. The summed E-state index contributed by atoms with van der Waals surface area (Å²) in [4.78, 5) is 12.1. The highest BCUT2D eigenvalue weighted by Crippen LogP contribution is 2.16. The number of rotatable bonds is 5. The van der Waals surface area contributed by atoms with Crippen molar-refractivity contribution < 1.29 is 13.7 Å². The van der Waals surface area contributed by atoms with Crippen LogP contribution in [0.25, 0.3) is 0 Å². The number of hydrogen-bond donors (Lipinski definition) is 0. The van der Waals surface area contributed by atoms with Gasteiger partial charge in [-0.1, -0.05) is 26.0 Å². The molecule has 0 amide bonds. The van der Waals surface area contributed by atoms with Gasteiger partial charge in [0.1, 0.15) is 5.75 Å². The van der Waals surface area contributed by atoms with Gasteiger partial charge < -0.3 is 4.74 Å². The van der Waals surface area contributed by atoms with Crippen LogP contribution in [0.3, 0.4) is 0 Å². The van der Waals surface area contributed by atoms with Gasteiger partial charge in [0.25, 0.3) is 0 Å². The van der Waals surface area contributed by atoms with Gasteiger partial charge in [0.2, 0.25) is 0 Å². The molecule has 0 fully saturated rings. The smallest absolute Gasteiger partial charge is 0.319 e. The lowest BCUT2D eigenvalue weighted by Crippen LogP contribution is -2.18. The molecule has 4 heteroatoms. The highest BCUT2D eigenvalue weighted by molar-refractivity contribution is 7.85. The molecule has 1 aromatic rings. The second-order valence-corrected chi connectivity index (χ2v) is 6.20. The van der Waals surface area contributed by atoms with Crippen LogP contribution in [0.5, 0.6) is 0 Å². The summed E-state index contributed by atoms with van der Waals surface area (Å²) in [7, 11) is -1.33. The maximum Gasteiger partial charge on any atom is 0.319 e. The zero-order valence-electron chi connectivity index (χ0n) is 11.3. The van der Waals surface area contributed by atoms with Gasteiger partial charge in [-0.05, 0) is 37.5 Å². The molecule has 0 aliphatic rings. The van der Waals surface area contributed by atoms with Gasteiger partial charge in [0.15, 0.2) is 0 Å². The van der Waals surface area contributed by atoms with Crippen LogP contribution >= 0.6 is 0 Å². The third kappa shape index (κ3) is 4.61. The van der Waals surface area contributed by atoms with Gasteiger partial charge in [-0.25, -0.2) is 0 Å². The van der Waals surface area contributed by atoms with Crippen molar-refractivity contribution in [2.45, 2.75) is 44.6 Å². The Labute approximate surface area is 111 Å². The van der Waals surface area contributed by atoms with E-state index in [1.165, 1.54) is 5.56 Å². The molecule has 0 saturated carbocycles. The van der Waals surface area contributed by atoms with E-state index in [0.29, 0.717) is 10.8 Å². The summed E-state index contributed by atoms with van der Waals surface area (Å²) in [5.41, 5.74) is 1.19. The van der Waals surface area contributed by atoms with Crippen LogP contribution in [-0.4, -0.2) is 22.0 Å². The minimum atomic E-state index is -1.33. The second kappa shape index (κ2) is 6.69. The Morgan fingerprint density at radius 3 is 2.17 bits per heavy atom. The second-order valence-electron chi connectivity index (χ2n) is 4.75. The van der Waals surface area contributed by atoms with Crippen molar-refractivity contribution >= 4 is 16.8 Å². The van der Waals surface area contributed by atoms with Gasteiger partial charge in [-0.15, -0.1) is 0 Å². The molecular formula is C14H20O3S. The molecule has 100 valence electrons. The number of carbonyl (C=O) groups excluding carboxylic acids is 1. The fraction of sp³-hybridized carbons (Fsp3) is 0.500. The number of carbonyl (C=O) groups is 1. The standard InChI is InChI=1S/C14H20O3S/c1-10(2)12-5-7-13(8-6-12)18(16)9-14(15)17-11(3)4/h5-8,10-11H,9H2,1-4H3. The molecule has 0 heterocycles. The normalized spacial score (nSPS) is 12.8. The molecular weight excluding hydrogens is 248 g/mol. The highest BCUT2D eigenvalue weighted by atomic mass is 32.2. The van der Waals surface area contributed by atoms with Gasteiger partial charge in [0, 0.05) is 4.90 Å². The molecule has 3 nitrogen and oxygen atoms in total. The Kier molecular flexibility index (Phi) is 5.54. The van der Waals surface area contributed by atoms with Crippen LogP contribution in [0, 0.1) is 0 Å². The summed E-state index contributed by atoms with van der Waals surface area (Å²) in [6, 6.07) is 7.53. The van der Waals surface area contributed by atoms with Crippen molar-refractivity contribution in [3.63, 3.8) is 0 Å². The van der Waals surface area contributed by atoms with E-state index in [4.69, 9.17) is 4.74 Å². The van der Waals surface area contributed by atoms with E-state index in [-0.39, 0.29) is 11.9 Å². The van der Waals surface area contributed by atoms with Crippen molar-refractivity contribution in [3.05, 3.63) is 29.8 Å². The first kappa shape index (κ1) is 14.9. The molecule has 0 saturated heterocycles. The lowest BCUT2D eigenvalue weighted by Gasteiger charge is -2.09. The summed E-state index contributed by atoms with van der Waals surface area (Å²) in [6.07, 6.45) is -0.169. The topological polar surface area (TPSA) is 43.4 Å². The minimum absolute atomic E-state index is 0.0841. The summed E-state index contributed by atoms with van der Waals surface area (Å²) < 4.78 is 16.9. The van der Waals surface area contributed by atoms with E-state index in [9.17, 15) is 9.00 Å². The summed E-state index contributed by atoms with van der Waals surface area (Å²) in [5.74, 6) is -0.0613. The predicted octanol–water partition coefficient (Wildman–Crippen LogP) is 2.87. The van der Waals surface area contributed by atoms with Crippen molar-refractivity contribution in [1.29, 1.82) is 0 Å². The molecule has 1 unspecified atom stereocenters. The fourth-order valence-corrected chi connectivity index (χ4v) is 2.38. The number of esters is 1. The Morgan fingerprint density at radius 2 is 1.72 bits per heavy atom. The monoisotopic (exact) mass is 268 g/mol. The zero-order chi connectivity index (χ0) is 13.7. The van der Waals surface area contributed by atoms with Crippen LogP contribution in [0.2, 0.25) is 0 Å². The number of ether oxygens (including phenoxy) is 1. The highest BCUT2D eigenvalue weighted by Gasteiger charge is 2.12. The first-order valence-corrected chi connectivity index (χ1v) is 7.40. The molecule has 0 aliphatic heterocycles. The molecule has 18 heavy (non-hydrogen) atoms. The van der Waals surface area contributed by atoms with Crippen molar-refractivity contribution in [2.24, 2.45) is 0 Å². The fourth-order valence-electron chi connectivity index (χ4n) is 1.49. The van der Waals surface area contributed by atoms with Crippen LogP contribution in [0.15, 0.2) is 29.2 Å². The molecule has 1 rings (SSSR count). The first-order valence-electron chi connectivity index (χ1n) is 6.08. The summed E-state index contributed by atoms with van der Waals surface area (Å²) >= 11 is 0. The third-order valence-corrected chi connectivity index (χ3v) is 3.72. The number of benzene rings is 1.